The van der Waals surface area contributed by atoms with E-state index in [0.29, 0.717) is 26.2 Å². The normalized spacial score (nSPS) is 15.5. The number of rotatable bonds is 5. The van der Waals surface area contributed by atoms with Crippen molar-refractivity contribution in [2.75, 3.05) is 44.7 Å². The van der Waals surface area contributed by atoms with Gasteiger partial charge in [0.05, 0.1) is 35.0 Å². The van der Waals surface area contributed by atoms with Crippen LogP contribution < -0.4 is 10.2 Å². The first kappa shape index (κ1) is 23.3. The zero-order valence-corrected chi connectivity index (χ0v) is 18.6. The molecule has 1 N–H and O–H groups in total. The van der Waals surface area contributed by atoms with Crippen LogP contribution in [0, 0.1) is 6.92 Å². The molecule has 31 heavy (non-hydrogen) atoms. The second-order valence-corrected chi connectivity index (χ2v) is 8.62. The van der Waals surface area contributed by atoms with Crippen LogP contribution in [0.4, 0.5) is 19.0 Å². The molecule has 0 unspecified atom stereocenters. The van der Waals surface area contributed by atoms with Crippen LogP contribution in [0.2, 0.25) is 0 Å². The van der Waals surface area contributed by atoms with Crippen molar-refractivity contribution in [3.8, 4) is 0 Å². The standard InChI is InChI=1S/C20H25F3N4O3S/c1-11(2)24-14(28)9-26-5-7-27(8-6-26)18-12(3)15(20(21,22)23)17-16(25-18)13(10-31-17)19(29)30-4/h10-11H,5-9H2,1-4H3,(H,24,28). The molecule has 1 fully saturated rings. The molecule has 0 radical (unpaired) electrons. The second kappa shape index (κ2) is 8.99. The topological polar surface area (TPSA) is 74.8 Å². The van der Waals surface area contributed by atoms with Gasteiger partial charge in [-0.3, -0.25) is 9.69 Å². The van der Waals surface area contributed by atoms with E-state index >= 15 is 0 Å². The number of hydrogen-bond donors (Lipinski definition) is 1. The Labute approximate surface area is 182 Å². The summed E-state index contributed by atoms with van der Waals surface area (Å²) in [5.74, 6) is -0.600. The molecule has 3 rings (SSSR count). The van der Waals surface area contributed by atoms with Crippen LogP contribution in [0.1, 0.15) is 35.3 Å². The number of methoxy groups -OCH3 is 1. The Morgan fingerprint density at radius 2 is 1.90 bits per heavy atom. The van der Waals surface area contributed by atoms with E-state index in [1.165, 1.54) is 19.4 Å². The van der Waals surface area contributed by atoms with Crippen molar-refractivity contribution < 1.29 is 27.5 Å². The summed E-state index contributed by atoms with van der Waals surface area (Å²) in [6.07, 6.45) is -4.59. The third-order valence-electron chi connectivity index (χ3n) is 5.10. The molecule has 7 nitrogen and oxygen atoms in total. The molecule has 1 amide bonds. The number of ether oxygens (including phenoxy) is 1. The van der Waals surface area contributed by atoms with Crippen molar-refractivity contribution in [2.24, 2.45) is 0 Å². The van der Waals surface area contributed by atoms with Gasteiger partial charge in [0.2, 0.25) is 5.91 Å². The van der Waals surface area contributed by atoms with Gasteiger partial charge in [-0.2, -0.15) is 13.2 Å². The molecule has 170 valence electrons. The Kier molecular flexibility index (Phi) is 6.75. The van der Waals surface area contributed by atoms with Crippen molar-refractivity contribution in [1.29, 1.82) is 0 Å². The van der Waals surface area contributed by atoms with Gasteiger partial charge in [0, 0.05) is 43.2 Å². The summed E-state index contributed by atoms with van der Waals surface area (Å²) in [5.41, 5.74) is -0.711. The highest BCUT2D eigenvalue weighted by Crippen LogP contribution is 2.43. The number of halogens is 3. The third kappa shape index (κ3) is 4.93. The molecule has 0 aromatic carbocycles. The highest BCUT2D eigenvalue weighted by molar-refractivity contribution is 7.17. The first-order valence-electron chi connectivity index (χ1n) is 9.86. The summed E-state index contributed by atoms with van der Waals surface area (Å²) in [4.78, 5) is 32.2. The molecule has 2 aromatic heterocycles. The number of anilines is 1. The molecule has 0 bridgehead atoms. The highest BCUT2D eigenvalue weighted by Gasteiger charge is 2.38. The Morgan fingerprint density at radius 1 is 1.26 bits per heavy atom. The Balaban J connectivity index is 1.91. The number of amides is 1. The quantitative estimate of drug-likeness (QED) is 0.695. The zero-order valence-electron chi connectivity index (χ0n) is 17.8. The minimum Gasteiger partial charge on any atom is -0.465 e. The lowest BCUT2D eigenvalue weighted by molar-refractivity contribution is -0.136. The van der Waals surface area contributed by atoms with Crippen LogP contribution in [0.3, 0.4) is 0 Å². The first-order valence-corrected chi connectivity index (χ1v) is 10.7. The number of thiophene rings is 1. The number of nitrogens with zero attached hydrogens (tertiary/aromatic N) is 3. The number of fused-ring (bicyclic) bond motifs is 1. The summed E-state index contributed by atoms with van der Waals surface area (Å²) >= 11 is 0.838. The number of nitrogens with one attached hydrogen (secondary N) is 1. The van der Waals surface area contributed by atoms with E-state index in [4.69, 9.17) is 4.74 Å². The summed E-state index contributed by atoms with van der Waals surface area (Å²) in [6.45, 7) is 7.27. The minimum absolute atomic E-state index is 0.00326. The minimum atomic E-state index is -4.59. The number of carbonyl (C=O) groups excluding carboxylic acids is 2. The van der Waals surface area contributed by atoms with Crippen LogP contribution >= 0.6 is 11.3 Å². The smallest absolute Gasteiger partial charge is 0.418 e. The van der Waals surface area contributed by atoms with E-state index < -0.39 is 17.7 Å². The predicted molar refractivity (Wildman–Crippen MR) is 113 cm³/mol. The van der Waals surface area contributed by atoms with E-state index in [2.05, 4.69) is 10.3 Å². The van der Waals surface area contributed by atoms with Crippen LogP contribution in [0.25, 0.3) is 10.2 Å². The van der Waals surface area contributed by atoms with Gasteiger partial charge >= 0.3 is 12.1 Å². The summed E-state index contributed by atoms with van der Waals surface area (Å²) in [5, 5.41) is 4.19. The molecule has 2 aromatic rings. The Bertz CT molecular complexity index is 982. The second-order valence-electron chi connectivity index (χ2n) is 7.74. The van der Waals surface area contributed by atoms with E-state index in [0.717, 1.165) is 11.3 Å². The van der Waals surface area contributed by atoms with E-state index in [1.54, 1.807) is 4.90 Å². The Hall–Kier alpha value is -2.40. The lowest BCUT2D eigenvalue weighted by atomic mass is 10.1. The maximum Gasteiger partial charge on any atom is 0.418 e. The van der Waals surface area contributed by atoms with Gasteiger partial charge in [-0.1, -0.05) is 0 Å². The van der Waals surface area contributed by atoms with Crippen LogP contribution in [-0.4, -0.2) is 67.6 Å². The van der Waals surface area contributed by atoms with Gasteiger partial charge in [-0.05, 0) is 20.8 Å². The molecular weight excluding hydrogens is 433 g/mol. The molecule has 1 aliphatic heterocycles. The van der Waals surface area contributed by atoms with Gasteiger partial charge in [-0.15, -0.1) is 11.3 Å². The molecule has 0 saturated carbocycles. The molecule has 11 heteroatoms. The first-order chi connectivity index (χ1) is 14.5. The average Bonchev–Trinajstić information content (AvgIpc) is 3.09. The average molecular weight is 459 g/mol. The zero-order chi connectivity index (χ0) is 22.9. The molecule has 1 saturated heterocycles. The van der Waals surface area contributed by atoms with E-state index in [-0.39, 0.29) is 45.7 Å². The summed E-state index contributed by atoms with van der Waals surface area (Å²) in [7, 11) is 1.18. The number of esters is 1. The van der Waals surface area contributed by atoms with Gasteiger partial charge < -0.3 is 15.0 Å². The fourth-order valence-corrected chi connectivity index (χ4v) is 4.80. The fourth-order valence-electron chi connectivity index (χ4n) is 3.70. The molecule has 0 atom stereocenters. The maximum absolute atomic E-state index is 13.9. The predicted octanol–water partition coefficient (Wildman–Crippen LogP) is 3.06. The van der Waals surface area contributed by atoms with Crippen LogP contribution in [-0.2, 0) is 15.7 Å². The van der Waals surface area contributed by atoms with Gasteiger partial charge in [0.15, 0.2) is 0 Å². The molecule has 0 spiro atoms. The number of pyridine rings is 1. The fraction of sp³-hybridized carbons (Fsp3) is 0.550. The monoisotopic (exact) mass is 458 g/mol. The summed E-state index contributed by atoms with van der Waals surface area (Å²) in [6, 6.07) is 0.0442. The molecule has 1 aliphatic rings. The lowest BCUT2D eigenvalue weighted by Gasteiger charge is -2.36. The number of hydrogen-bond acceptors (Lipinski definition) is 7. The highest BCUT2D eigenvalue weighted by atomic mass is 32.1. The molecular formula is C20H25F3N4O3S. The number of aromatic nitrogens is 1. The SMILES string of the molecule is COC(=O)c1csc2c(C(F)(F)F)c(C)c(N3CCN(CC(=O)NC(C)C)CC3)nc12. The van der Waals surface area contributed by atoms with Gasteiger partial charge in [0.25, 0.3) is 0 Å². The van der Waals surface area contributed by atoms with Crippen LogP contribution in [0.5, 0.6) is 0 Å². The Morgan fingerprint density at radius 3 is 2.45 bits per heavy atom. The van der Waals surface area contributed by atoms with Crippen LogP contribution in [0.15, 0.2) is 5.38 Å². The van der Waals surface area contributed by atoms with Crippen molar-refractivity contribution in [3.63, 3.8) is 0 Å². The van der Waals surface area contributed by atoms with Crippen molar-refractivity contribution >= 4 is 39.2 Å². The maximum atomic E-state index is 13.9. The number of carbonyl (C=O) groups is 2. The lowest BCUT2D eigenvalue weighted by Crippen LogP contribution is -2.50. The van der Waals surface area contributed by atoms with Gasteiger partial charge in [-0.25, -0.2) is 9.78 Å². The van der Waals surface area contributed by atoms with Gasteiger partial charge in [0.1, 0.15) is 5.82 Å². The van der Waals surface area contributed by atoms with Crippen molar-refractivity contribution in [1.82, 2.24) is 15.2 Å². The van der Waals surface area contributed by atoms with Crippen molar-refractivity contribution in [2.45, 2.75) is 33.0 Å². The molecule has 0 aliphatic carbocycles. The largest absolute Gasteiger partial charge is 0.465 e. The van der Waals surface area contributed by atoms with E-state index in [9.17, 15) is 22.8 Å². The summed E-state index contributed by atoms with van der Waals surface area (Å²) < 4.78 is 46.4. The third-order valence-corrected chi connectivity index (χ3v) is 6.08. The van der Waals surface area contributed by atoms with Crippen molar-refractivity contribution in [3.05, 3.63) is 22.1 Å². The number of alkyl halides is 3. The number of piperazine rings is 1. The molecule has 3 heterocycles. The van der Waals surface area contributed by atoms with E-state index in [1.807, 2.05) is 18.7 Å².